The van der Waals surface area contributed by atoms with Gasteiger partial charge in [0.25, 0.3) is 0 Å². The van der Waals surface area contributed by atoms with Gasteiger partial charge >= 0.3 is 0 Å². The van der Waals surface area contributed by atoms with Crippen LogP contribution in [0, 0.1) is 0 Å². The van der Waals surface area contributed by atoms with E-state index in [1.807, 2.05) is 60.7 Å². The van der Waals surface area contributed by atoms with Crippen molar-refractivity contribution in [2.75, 3.05) is 13.7 Å². The van der Waals surface area contributed by atoms with Gasteiger partial charge in [0.05, 0.1) is 6.61 Å². The molecule has 1 N–H and O–H groups in total. The van der Waals surface area contributed by atoms with Gasteiger partial charge in [0.2, 0.25) is 0 Å². The lowest BCUT2D eigenvalue weighted by molar-refractivity contribution is -0.321. The minimum Gasteiger partial charge on any atom is -0.387 e. The summed E-state index contributed by atoms with van der Waals surface area (Å²) in [6, 6.07) is 19.6. The zero-order chi connectivity index (χ0) is 17.9. The average Bonchev–Trinajstić information content (AvgIpc) is 2.70. The lowest BCUT2D eigenvalue weighted by atomic mass is 9.98. The van der Waals surface area contributed by atoms with Crippen molar-refractivity contribution in [3.05, 3.63) is 66.2 Å². The molecule has 26 heavy (non-hydrogen) atoms. The second kappa shape index (κ2) is 8.08. The van der Waals surface area contributed by atoms with E-state index >= 15 is 0 Å². The highest BCUT2D eigenvalue weighted by atomic mass is 32.2. The van der Waals surface area contributed by atoms with Gasteiger partial charge in [0, 0.05) is 17.6 Å². The average molecular weight is 374 g/mol. The lowest BCUT2D eigenvalue weighted by Gasteiger charge is -2.47. The molecule has 138 valence electrons. The molecular formula is C20H22O5S. The molecule has 0 aliphatic carbocycles. The molecule has 0 aromatic heterocycles. The van der Waals surface area contributed by atoms with E-state index in [9.17, 15) is 5.11 Å². The molecule has 2 aliphatic rings. The minimum atomic E-state index is -0.805. The number of hydrogen-bond donors (Lipinski definition) is 1. The molecule has 6 heteroatoms. The Morgan fingerprint density at radius 1 is 1.00 bits per heavy atom. The van der Waals surface area contributed by atoms with E-state index in [1.54, 1.807) is 7.11 Å². The fourth-order valence-corrected chi connectivity index (χ4v) is 4.42. The summed E-state index contributed by atoms with van der Waals surface area (Å²) >= 11 is 1.48. The molecular weight excluding hydrogens is 352 g/mol. The number of rotatable bonds is 4. The van der Waals surface area contributed by atoms with Gasteiger partial charge in [-0.25, -0.2) is 0 Å². The smallest absolute Gasteiger partial charge is 0.184 e. The molecule has 5 nitrogen and oxygen atoms in total. The first-order valence-corrected chi connectivity index (χ1v) is 9.54. The van der Waals surface area contributed by atoms with Crippen molar-refractivity contribution in [2.45, 2.75) is 41.0 Å². The predicted octanol–water partition coefficient (Wildman–Crippen LogP) is 2.99. The Labute approximate surface area is 157 Å². The maximum atomic E-state index is 10.8. The van der Waals surface area contributed by atoms with Crippen LogP contribution < -0.4 is 0 Å². The molecule has 1 unspecified atom stereocenters. The lowest BCUT2D eigenvalue weighted by Crippen LogP contribution is -2.61. The SMILES string of the molecule is CO[C@@H]1[C@@H](O)[C@H](Sc2ccccc2)O[C@@H]2COC(c3ccccc3)O[C@@H]12. The van der Waals surface area contributed by atoms with Gasteiger partial charge in [0.15, 0.2) is 6.29 Å². The Balaban J connectivity index is 1.49. The maximum Gasteiger partial charge on any atom is 0.184 e. The van der Waals surface area contributed by atoms with E-state index in [4.69, 9.17) is 18.9 Å². The first-order chi connectivity index (χ1) is 12.8. The summed E-state index contributed by atoms with van der Waals surface area (Å²) < 4.78 is 23.7. The molecule has 2 aromatic rings. The van der Waals surface area contributed by atoms with E-state index in [1.165, 1.54) is 11.8 Å². The van der Waals surface area contributed by atoms with Crippen molar-refractivity contribution in [1.82, 2.24) is 0 Å². The molecule has 6 atom stereocenters. The van der Waals surface area contributed by atoms with Gasteiger partial charge in [-0.1, -0.05) is 60.3 Å². The third-order valence-electron chi connectivity index (χ3n) is 4.65. The molecule has 4 rings (SSSR count). The summed E-state index contributed by atoms with van der Waals surface area (Å²) in [4.78, 5) is 1.03. The fraction of sp³-hybridized carbons (Fsp3) is 0.400. The van der Waals surface area contributed by atoms with Crippen molar-refractivity contribution in [2.24, 2.45) is 0 Å². The number of methoxy groups -OCH3 is 1. The van der Waals surface area contributed by atoms with Crippen LogP contribution in [0.5, 0.6) is 0 Å². The monoisotopic (exact) mass is 374 g/mol. The van der Waals surface area contributed by atoms with E-state index in [0.29, 0.717) is 6.61 Å². The van der Waals surface area contributed by atoms with E-state index < -0.39 is 23.9 Å². The van der Waals surface area contributed by atoms with Crippen LogP contribution in [0.25, 0.3) is 0 Å². The van der Waals surface area contributed by atoms with E-state index in [0.717, 1.165) is 10.5 Å². The van der Waals surface area contributed by atoms with Crippen molar-refractivity contribution < 1.29 is 24.1 Å². The Kier molecular flexibility index (Phi) is 5.59. The number of fused-ring (bicyclic) bond motifs is 1. The van der Waals surface area contributed by atoms with Crippen LogP contribution in [0.3, 0.4) is 0 Å². The second-order valence-corrected chi connectivity index (χ2v) is 7.51. The Morgan fingerprint density at radius 2 is 1.69 bits per heavy atom. The van der Waals surface area contributed by atoms with Crippen LogP contribution in [0.15, 0.2) is 65.6 Å². The van der Waals surface area contributed by atoms with Crippen molar-refractivity contribution >= 4 is 11.8 Å². The molecule has 0 radical (unpaired) electrons. The summed E-state index contributed by atoms with van der Waals surface area (Å²) in [6.07, 6.45) is -2.44. The molecule has 0 saturated carbocycles. The molecule has 2 saturated heterocycles. The van der Waals surface area contributed by atoms with E-state index in [-0.39, 0.29) is 12.2 Å². The molecule has 0 spiro atoms. The fourth-order valence-electron chi connectivity index (χ4n) is 3.34. The summed E-state index contributed by atoms with van der Waals surface area (Å²) in [5.74, 6) is 0. The number of aliphatic hydroxyl groups excluding tert-OH is 1. The van der Waals surface area contributed by atoms with Crippen LogP contribution in [0.4, 0.5) is 0 Å². The third kappa shape index (κ3) is 3.67. The van der Waals surface area contributed by atoms with Crippen molar-refractivity contribution in [1.29, 1.82) is 0 Å². The Hall–Kier alpha value is -1.41. The number of thioether (sulfide) groups is 1. The van der Waals surface area contributed by atoms with Crippen LogP contribution in [-0.4, -0.2) is 48.7 Å². The largest absolute Gasteiger partial charge is 0.387 e. The zero-order valence-electron chi connectivity index (χ0n) is 14.4. The number of benzene rings is 2. The molecule has 0 amide bonds. The number of ether oxygens (including phenoxy) is 4. The highest BCUT2D eigenvalue weighted by Gasteiger charge is 2.50. The van der Waals surface area contributed by atoms with Crippen LogP contribution in [-0.2, 0) is 18.9 Å². The number of aliphatic hydroxyl groups is 1. The predicted molar refractivity (Wildman–Crippen MR) is 97.8 cm³/mol. The summed E-state index contributed by atoms with van der Waals surface area (Å²) in [5.41, 5.74) is 0.500. The number of hydrogen-bond acceptors (Lipinski definition) is 6. The first-order valence-electron chi connectivity index (χ1n) is 8.66. The zero-order valence-corrected chi connectivity index (χ0v) is 15.2. The third-order valence-corrected chi connectivity index (χ3v) is 5.81. The van der Waals surface area contributed by atoms with Gasteiger partial charge in [-0.05, 0) is 12.1 Å². The molecule has 2 aliphatic heterocycles. The van der Waals surface area contributed by atoms with Gasteiger partial charge in [-0.3, -0.25) is 0 Å². The summed E-state index contributed by atoms with van der Waals surface area (Å²) in [5, 5.41) is 10.8. The van der Waals surface area contributed by atoms with Gasteiger partial charge < -0.3 is 24.1 Å². The van der Waals surface area contributed by atoms with E-state index in [2.05, 4.69) is 0 Å². The molecule has 2 fully saturated rings. The van der Waals surface area contributed by atoms with Gasteiger partial charge in [-0.15, -0.1) is 0 Å². The summed E-state index contributed by atoms with van der Waals surface area (Å²) in [6.45, 7) is 0.392. The molecule has 0 bridgehead atoms. The van der Waals surface area contributed by atoms with Gasteiger partial charge in [0.1, 0.15) is 29.9 Å². The van der Waals surface area contributed by atoms with Crippen molar-refractivity contribution in [3.8, 4) is 0 Å². The van der Waals surface area contributed by atoms with Crippen LogP contribution >= 0.6 is 11.8 Å². The molecule has 2 heterocycles. The van der Waals surface area contributed by atoms with Crippen molar-refractivity contribution in [3.63, 3.8) is 0 Å². The highest BCUT2D eigenvalue weighted by molar-refractivity contribution is 7.99. The summed E-state index contributed by atoms with van der Waals surface area (Å²) in [7, 11) is 1.59. The highest BCUT2D eigenvalue weighted by Crippen LogP contribution is 2.39. The topological polar surface area (TPSA) is 57.2 Å². The minimum absolute atomic E-state index is 0.287. The van der Waals surface area contributed by atoms with Crippen LogP contribution in [0.1, 0.15) is 11.9 Å². The van der Waals surface area contributed by atoms with Crippen LogP contribution in [0.2, 0.25) is 0 Å². The quantitative estimate of drug-likeness (QED) is 0.888. The Morgan fingerprint density at radius 3 is 2.38 bits per heavy atom. The first kappa shape index (κ1) is 18.0. The second-order valence-electron chi connectivity index (χ2n) is 6.34. The molecule has 2 aromatic carbocycles. The standard InChI is InChI=1S/C20H22O5S/c1-22-18-16(21)20(26-14-10-6-3-7-11-14)24-15-12-23-19(25-17(15)18)13-8-4-2-5-9-13/h2-11,15-21H,12H2,1H3/t15-,16-,17-,18-,19?,20+/m1/s1. The normalized spacial score (nSPS) is 34.2. The maximum absolute atomic E-state index is 10.8. The Bertz CT molecular complexity index is 698. The van der Waals surface area contributed by atoms with Gasteiger partial charge in [-0.2, -0.15) is 0 Å².